The molecule has 6 nitrogen and oxygen atoms in total. The van der Waals surface area contributed by atoms with Crippen LogP contribution >= 0.6 is 11.6 Å². The summed E-state index contributed by atoms with van der Waals surface area (Å²) >= 11 is 5.84. The second-order valence-corrected chi connectivity index (χ2v) is 7.37. The zero-order chi connectivity index (χ0) is 22.0. The highest BCUT2D eigenvalue weighted by molar-refractivity contribution is 6.30. The molecule has 0 radical (unpaired) electrons. The summed E-state index contributed by atoms with van der Waals surface area (Å²) in [7, 11) is 0. The number of benzene rings is 1. The third kappa shape index (κ3) is 7.10. The van der Waals surface area contributed by atoms with E-state index in [-0.39, 0.29) is 5.92 Å². The largest absolute Gasteiger partial charge is 0.454 e. The third-order valence-corrected chi connectivity index (χ3v) is 5.32. The zero-order valence-corrected chi connectivity index (χ0v) is 18.1. The molecule has 2 atom stereocenters. The summed E-state index contributed by atoms with van der Waals surface area (Å²) in [4.78, 5) is 37.2. The summed E-state index contributed by atoms with van der Waals surface area (Å²) in [6.07, 6.45) is 7.29. The Hall–Kier alpha value is -2.52. The third-order valence-electron chi connectivity index (χ3n) is 5.07. The number of rotatable bonds is 10. The minimum atomic E-state index is -0.884. The van der Waals surface area contributed by atoms with Crippen molar-refractivity contribution in [2.24, 2.45) is 5.92 Å². The van der Waals surface area contributed by atoms with Crippen LogP contribution in [0.2, 0.25) is 5.02 Å². The first-order valence-corrected chi connectivity index (χ1v) is 10.1. The first-order valence-electron chi connectivity index (χ1n) is 9.73. The number of nitrogens with one attached hydrogen (secondary N) is 2. The van der Waals surface area contributed by atoms with Crippen molar-refractivity contribution in [2.75, 3.05) is 6.61 Å². The van der Waals surface area contributed by atoms with E-state index in [2.05, 4.69) is 16.6 Å². The highest BCUT2D eigenvalue weighted by Gasteiger charge is 2.30. The summed E-state index contributed by atoms with van der Waals surface area (Å²) < 4.78 is 5.17. The van der Waals surface area contributed by atoms with Crippen molar-refractivity contribution in [3.05, 3.63) is 34.9 Å². The van der Waals surface area contributed by atoms with Gasteiger partial charge < -0.3 is 15.4 Å². The van der Waals surface area contributed by atoms with Crippen molar-refractivity contribution in [3.8, 4) is 12.3 Å². The highest BCUT2D eigenvalue weighted by Crippen LogP contribution is 2.15. The lowest BCUT2D eigenvalue weighted by atomic mass is 9.94. The predicted octanol–water partition coefficient (Wildman–Crippen LogP) is 3.34. The number of ether oxygens (including phenoxy) is 1. The lowest BCUT2D eigenvalue weighted by Crippen LogP contribution is -2.49. The molecule has 1 rings (SSSR count). The Morgan fingerprint density at radius 1 is 1.17 bits per heavy atom. The molecule has 0 aromatic heterocycles. The monoisotopic (exact) mass is 420 g/mol. The van der Waals surface area contributed by atoms with Gasteiger partial charge in [-0.3, -0.25) is 9.59 Å². The molecule has 2 N–H and O–H groups in total. The SMILES string of the molecule is C#CC(CC)(CC)NC(=O)COC(=O)[C@@H](NC(=O)c1ccc(Cl)cc1)[C@H](C)CC. The quantitative estimate of drug-likeness (QED) is 0.449. The Morgan fingerprint density at radius 2 is 1.76 bits per heavy atom. The Balaban J connectivity index is 2.77. The number of hydrogen-bond donors (Lipinski definition) is 2. The topological polar surface area (TPSA) is 84.5 Å². The number of halogens is 1. The van der Waals surface area contributed by atoms with Gasteiger partial charge in [0.1, 0.15) is 11.6 Å². The standard InChI is InChI=1S/C22H29ClN2O4/c1-6-15(5)19(24-20(27)16-10-12-17(23)13-11-16)21(28)29-14-18(26)25-22(7-2,8-3)9-4/h2,10-13,15,19H,6,8-9,14H2,1,3-5H3,(H,24,27)(H,25,26)/t15-,19+/m1/s1. The molecule has 1 aromatic carbocycles. The minimum absolute atomic E-state index is 0.183. The van der Waals surface area contributed by atoms with Gasteiger partial charge in [0.2, 0.25) is 0 Å². The Labute approximate surface area is 177 Å². The summed E-state index contributed by atoms with van der Waals surface area (Å²) in [5.74, 6) is 0.841. The van der Waals surface area contributed by atoms with Crippen LogP contribution < -0.4 is 10.6 Å². The van der Waals surface area contributed by atoms with Crippen LogP contribution in [0.25, 0.3) is 0 Å². The lowest BCUT2D eigenvalue weighted by Gasteiger charge is -2.27. The van der Waals surface area contributed by atoms with E-state index in [1.807, 2.05) is 27.7 Å². The minimum Gasteiger partial charge on any atom is -0.454 e. The van der Waals surface area contributed by atoms with E-state index < -0.39 is 36.0 Å². The molecule has 158 valence electrons. The van der Waals surface area contributed by atoms with E-state index in [1.165, 1.54) is 0 Å². The molecule has 1 aromatic rings. The van der Waals surface area contributed by atoms with Crippen LogP contribution in [-0.4, -0.2) is 36.0 Å². The first-order chi connectivity index (χ1) is 13.7. The second kappa shape index (κ2) is 11.5. The molecule has 2 amide bonds. The van der Waals surface area contributed by atoms with E-state index in [4.69, 9.17) is 22.8 Å². The van der Waals surface area contributed by atoms with E-state index >= 15 is 0 Å². The molecule has 0 spiro atoms. The molecule has 0 aliphatic carbocycles. The molecule has 0 heterocycles. The molecule has 29 heavy (non-hydrogen) atoms. The second-order valence-electron chi connectivity index (χ2n) is 6.93. The van der Waals surface area contributed by atoms with Gasteiger partial charge in [0.25, 0.3) is 11.8 Å². The Kier molecular flexibility index (Phi) is 9.70. The fourth-order valence-electron chi connectivity index (χ4n) is 2.69. The number of amides is 2. The van der Waals surface area contributed by atoms with Gasteiger partial charge in [-0.05, 0) is 43.0 Å². The van der Waals surface area contributed by atoms with Gasteiger partial charge in [-0.25, -0.2) is 4.79 Å². The summed E-state index contributed by atoms with van der Waals surface area (Å²) in [5.41, 5.74) is -0.388. The summed E-state index contributed by atoms with van der Waals surface area (Å²) in [5, 5.41) is 5.93. The number of carbonyl (C=O) groups excluding carboxylic acids is 3. The van der Waals surface area contributed by atoms with Gasteiger partial charge in [-0.1, -0.05) is 51.6 Å². The van der Waals surface area contributed by atoms with Crippen LogP contribution in [0.4, 0.5) is 0 Å². The maximum absolute atomic E-state index is 12.6. The van der Waals surface area contributed by atoms with Crippen molar-refractivity contribution in [1.29, 1.82) is 0 Å². The molecular weight excluding hydrogens is 392 g/mol. The Morgan fingerprint density at radius 3 is 2.24 bits per heavy atom. The maximum Gasteiger partial charge on any atom is 0.329 e. The van der Waals surface area contributed by atoms with Crippen LogP contribution in [0.15, 0.2) is 24.3 Å². The van der Waals surface area contributed by atoms with Crippen LogP contribution in [0.5, 0.6) is 0 Å². The molecule has 7 heteroatoms. The molecule has 0 unspecified atom stereocenters. The number of hydrogen-bond acceptors (Lipinski definition) is 4. The highest BCUT2D eigenvalue weighted by atomic mass is 35.5. The molecule has 0 fully saturated rings. The molecule has 0 bridgehead atoms. The molecule has 0 saturated carbocycles. The van der Waals surface area contributed by atoms with Gasteiger partial charge in [-0.2, -0.15) is 0 Å². The van der Waals surface area contributed by atoms with Crippen LogP contribution in [-0.2, 0) is 14.3 Å². The molecule has 0 saturated heterocycles. The number of carbonyl (C=O) groups is 3. The summed E-state index contributed by atoms with van der Waals surface area (Å²) in [6, 6.07) is 5.44. The van der Waals surface area contributed by atoms with E-state index in [0.29, 0.717) is 29.8 Å². The van der Waals surface area contributed by atoms with E-state index in [1.54, 1.807) is 24.3 Å². The van der Waals surface area contributed by atoms with Gasteiger partial charge in [-0.15, -0.1) is 6.42 Å². The maximum atomic E-state index is 12.6. The van der Waals surface area contributed by atoms with Gasteiger partial charge in [0, 0.05) is 10.6 Å². The fraction of sp³-hybridized carbons (Fsp3) is 0.500. The lowest BCUT2D eigenvalue weighted by molar-refractivity contribution is -0.152. The number of terminal acetylenes is 1. The predicted molar refractivity (Wildman–Crippen MR) is 113 cm³/mol. The average Bonchev–Trinajstić information content (AvgIpc) is 2.74. The molecule has 0 aliphatic heterocycles. The fourth-order valence-corrected chi connectivity index (χ4v) is 2.82. The zero-order valence-electron chi connectivity index (χ0n) is 17.4. The van der Waals surface area contributed by atoms with Crippen molar-refractivity contribution in [1.82, 2.24) is 10.6 Å². The van der Waals surface area contributed by atoms with Crippen molar-refractivity contribution >= 4 is 29.4 Å². The van der Waals surface area contributed by atoms with Crippen LogP contribution in [0.1, 0.15) is 57.3 Å². The summed E-state index contributed by atoms with van der Waals surface area (Å²) in [6.45, 7) is 7.01. The number of esters is 1. The normalized spacial score (nSPS) is 13.0. The molecule has 0 aliphatic rings. The van der Waals surface area contributed by atoms with Crippen molar-refractivity contribution in [3.63, 3.8) is 0 Å². The van der Waals surface area contributed by atoms with Crippen LogP contribution in [0.3, 0.4) is 0 Å². The van der Waals surface area contributed by atoms with Gasteiger partial charge in [0.15, 0.2) is 6.61 Å². The van der Waals surface area contributed by atoms with Crippen LogP contribution in [0, 0.1) is 18.3 Å². The average molecular weight is 421 g/mol. The molecular formula is C22H29ClN2O4. The van der Waals surface area contributed by atoms with Gasteiger partial charge in [0.05, 0.1) is 0 Å². The van der Waals surface area contributed by atoms with Crippen molar-refractivity contribution in [2.45, 2.75) is 58.5 Å². The van der Waals surface area contributed by atoms with E-state index in [0.717, 1.165) is 0 Å². The van der Waals surface area contributed by atoms with Crippen molar-refractivity contribution < 1.29 is 19.1 Å². The smallest absolute Gasteiger partial charge is 0.329 e. The van der Waals surface area contributed by atoms with Gasteiger partial charge >= 0.3 is 5.97 Å². The first kappa shape index (κ1) is 24.5. The van der Waals surface area contributed by atoms with E-state index in [9.17, 15) is 14.4 Å². The Bertz CT molecular complexity index is 751.